The number of ether oxygens (including phenoxy) is 1. The summed E-state index contributed by atoms with van der Waals surface area (Å²) in [4.78, 5) is 0. The summed E-state index contributed by atoms with van der Waals surface area (Å²) < 4.78 is 31.5. The summed E-state index contributed by atoms with van der Waals surface area (Å²) in [6.07, 6.45) is 0. The topological polar surface area (TPSA) is 88.8 Å². The van der Waals surface area contributed by atoms with Gasteiger partial charge in [0.2, 0.25) is 0 Å². The van der Waals surface area contributed by atoms with Crippen molar-refractivity contribution in [1.82, 2.24) is 0 Å². The zero-order chi connectivity index (χ0) is 13.6. The molecule has 0 aromatic heterocycles. The average molecular weight is 268 g/mol. The Balaban J connectivity index is 2.96. The molecular formula is C11H12N2O4S. The molecule has 0 amide bonds. The van der Waals surface area contributed by atoms with Gasteiger partial charge in [-0.3, -0.25) is 4.28 Å². The molecule has 96 valence electrons. The minimum absolute atomic E-state index is 0.116. The monoisotopic (exact) mass is 268 g/mol. The standard InChI is InChI=1S/C11H12N2O4S/c1-3-18(14,15)17-13-11(8-12)9-4-6-10(16-2)7-5-9/h4-7H,3H2,1-2H3/b13-11-. The Bertz CT molecular complexity index is 570. The predicted molar refractivity (Wildman–Crippen MR) is 65.7 cm³/mol. The summed E-state index contributed by atoms with van der Waals surface area (Å²) in [6, 6.07) is 8.22. The molecule has 0 saturated carbocycles. The van der Waals surface area contributed by atoms with E-state index in [1.807, 2.05) is 0 Å². The van der Waals surface area contributed by atoms with E-state index in [9.17, 15) is 8.42 Å². The highest BCUT2D eigenvalue weighted by molar-refractivity contribution is 7.86. The van der Waals surface area contributed by atoms with Gasteiger partial charge in [-0.25, -0.2) is 0 Å². The third-order valence-corrected chi connectivity index (χ3v) is 3.07. The van der Waals surface area contributed by atoms with E-state index in [1.165, 1.54) is 14.0 Å². The molecule has 0 bridgehead atoms. The Morgan fingerprint density at radius 3 is 2.44 bits per heavy atom. The van der Waals surface area contributed by atoms with Crippen molar-refractivity contribution in [3.63, 3.8) is 0 Å². The maximum absolute atomic E-state index is 11.1. The summed E-state index contributed by atoms with van der Waals surface area (Å²) >= 11 is 0. The van der Waals surface area contributed by atoms with Crippen LogP contribution in [0.3, 0.4) is 0 Å². The summed E-state index contributed by atoms with van der Waals surface area (Å²) in [7, 11) is -2.19. The molecule has 0 aliphatic carbocycles. The lowest BCUT2D eigenvalue weighted by atomic mass is 10.1. The SMILES string of the molecule is CCS(=O)(=O)O/N=C(/C#N)c1ccc(OC)cc1. The molecule has 1 rings (SSSR count). The lowest BCUT2D eigenvalue weighted by molar-refractivity contribution is 0.340. The molecule has 0 saturated heterocycles. The van der Waals surface area contributed by atoms with Crippen molar-refractivity contribution in [2.75, 3.05) is 12.9 Å². The molecule has 0 heterocycles. The average Bonchev–Trinajstić information content (AvgIpc) is 2.40. The number of oxime groups is 1. The predicted octanol–water partition coefficient (Wildman–Crippen LogP) is 1.29. The van der Waals surface area contributed by atoms with Gasteiger partial charge in [0.1, 0.15) is 11.8 Å². The third kappa shape index (κ3) is 3.75. The van der Waals surface area contributed by atoms with Gasteiger partial charge >= 0.3 is 10.1 Å². The fraction of sp³-hybridized carbons (Fsp3) is 0.273. The van der Waals surface area contributed by atoms with E-state index in [4.69, 9.17) is 10.00 Å². The van der Waals surface area contributed by atoms with E-state index in [1.54, 1.807) is 30.3 Å². The highest BCUT2D eigenvalue weighted by Gasteiger charge is 2.09. The van der Waals surface area contributed by atoms with Crippen molar-refractivity contribution in [3.05, 3.63) is 29.8 Å². The van der Waals surface area contributed by atoms with Gasteiger partial charge in [0.15, 0.2) is 5.71 Å². The minimum atomic E-state index is -3.71. The molecule has 1 aromatic rings. The number of nitrogens with zero attached hydrogens (tertiary/aromatic N) is 2. The van der Waals surface area contributed by atoms with Gasteiger partial charge in [-0.05, 0) is 31.2 Å². The maximum Gasteiger partial charge on any atom is 0.328 e. The van der Waals surface area contributed by atoms with E-state index < -0.39 is 10.1 Å². The molecule has 0 N–H and O–H groups in total. The number of benzene rings is 1. The van der Waals surface area contributed by atoms with Crippen LogP contribution in [0.4, 0.5) is 0 Å². The summed E-state index contributed by atoms with van der Waals surface area (Å²) in [5, 5.41) is 12.2. The molecule has 0 atom stereocenters. The molecule has 0 fully saturated rings. The zero-order valence-corrected chi connectivity index (χ0v) is 10.8. The second-order valence-electron chi connectivity index (χ2n) is 3.20. The van der Waals surface area contributed by atoms with Crippen LogP contribution >= 0.6 is 0 Å². The summed E-state index contributed by atoms with van der Waals surface area (Å²) in [6.45, 7) is 1.42. The first-order valence-corrected chi connectivity index (χ1v) is 6.64. The quantitative estimate of drug-likeness (QED) is 0.593. The van der Waals surface area contributed by atoms with Crippen molar-refractivity contribution >= 4 is 15.8 Å². The molecule has 0 radical (unpaired) electrons. The number of methoxy groups -OCH3 is 1. The molecule has 0 aliphatic heterocycles. The molecular weight excluding hydrogens is 256 g/mol. The number of hydrogen-bond donors (Lipinski definition) is 0. The normalized spacial score (nSPS) is 11.7. The van der Waals surface area contributed by atoms with Gasteiger partial charge in [0.05, 0.1) is 12.9 Å². The first-order valence-electron chi connectivity index (χ1n) is 5.06. The van der Waals surface area contributed by atoms with Gasteiger partial charge in [0, 0.05) is 5.56 Å². The zero-order valence-electron chi connectivity index (χ0n) is 9.95. The Morgan fingerprint density at radius 1 is 1.39 bits per heavy atom. The van der Waals surface area contributed by atoms with E-state index >= 15 is 0 Å². The van der Waals surface area contributed by atoms with Crippen molar-refractivity contribution in [1.29, 1.82) is 5.26 Å². The molecule has 1 aromatic carbocycles. The second-order valence-corrected chi connectivity index (χ2v) is 5.04. The van der Waals surface area contributed by atoms with Crippen LogP contribution in [-0.2, 0) is 14.4 Å². The van der Waals surface area contributed by atoms with Crippen molar-refractivity contribution in [3.8, 4) is 11.8 Å². The number of nitriles is 1. The Labute approximate surface area is 106 Å². The second kappa shape index (κ2) is 6.02. The van der Waals surface area contributed by atoms with Crippen LogP contribution in [0.25, 0.3) is 0 Å². The Morgan fingerprint density at radius 2 is 2.00 bits per heavy atom. The van der Waals surface area contributed by atoms with Gasteiger partial charge in [0.25, 0.3) is 0 Å². The summed E-state index contributed by atoms with van der Waals surface area (Å²) in [5.74, 6) is 0.413. The molecule has 0 spiro atoms. The summed E-state index contributed by atoms with van der Waals surface area (Å²) in [5.41, 5.74) is 0.333. The number of rotatable bonds is 5. The lowest BCUT2D eigenvalue weighted by Gasteiger charge is -2.01. The lowest BCUT2D eigenvalue weighted by Crippen LogP contribution is -2.07. The number of hydrogen-bond acceptors (Lipinski definition) is 6. The van der Waals surface area contributed by atoms with Crippen LogP contribution in [0, 0.1) is 11.3 Å². The fourth-order valence-corrected chi connectivity index (χ4v) is 1.33. The highest BCUT2D eigenvalue weighted by Crippen LogP contribution is 2.12. The van der Waals surface area contributed by atoms with Gasteiger partial charge in [-0.2, -0.15) is 13.7 Å². The van der Waals surface area contributed by atoms with Crippen molar-refractivity contribution in [2.45, 2.75) is 6.92 Å². The van der Waals surface area contributed by atoms with Gasteiger partial charge in [-0.15, -0.1) is 0 Å². The van der Waals surface area contributed by atoms with Crippen LogP contribution in [0.1, 0.15) is 12.5 Å². The van der Waals surface area contributed by atoms with Crippen LogP contribution in [0.2, 0.25) is 0 Å². The molecule has 6 nitrogen and oxygen atoms in total. The molecule has 0 aliphatic rings. The molecule has 18 heavy (non-hydrogen) atoms. The van der Waals surface area contributed by atoms with E-state index in [-0.39, 0.29) is 11.5 Å². The largest absolute Gasteiger partial charge is 0.497 e. The van der Waals surface area contributed by atoms with Crippen LogP contribution in [0.5, 0.6) is 5.75 Å². The van der Waals surface area contributed by atoms with Crippen LogP contribution in [-0.4, -0.2) is 27.0 Å². The van der Waals surface area contributed by atoms with Crippen molar-refractivity contribution < 1.29 is 17.4 Å². The maximum atomic E-state index is 11.1. The Hall–Kier alpha value is -2.07. The van der Waals surface area contributed by atoms with E-state index in [0.29, 0.717) is 11.3 Å². The third-order valence-electron chi connectivity index (χ3n) is 2.07. The van der Waals surface area contributed by atoms with Gasteiger partial charge < -0.3 is 4.74 Å². The van der Waals surface area contributed by atoms with E-state index in [0.717, 1.165) is 0 Å². The smallest absolute Gasteiger partial charge is 0.328 e. The fourth-order valence-electron chi connectivity index (χ4n) is 1.03. The van der Waals surface area contributed by atoms with Crippen molar-refractivity contribution in [2.24, 2.45) is 5.16 Å². The highest BCUT2D eigenvalue weighted by atomic mass is 32.2. The molecule has 0 unspecified atom stereocenters. The van der Waals surface area contributed by atoms with E-state index in [2.05, 4.69) is 9.44 Å². The first-order chi connectivity index (χ1) is 8.52. The van der Waals surface area contributed by atoms with Gasteiger partial charge in [-0.1, -0.05) is 5.16 Å². The minimum Gasteiger partial charge on any atom is -0.497 e. The molecule has 7 heteroatoms. The van der Waals surface area contributed by atoms with Crippen LogP contribution < -0.4 is 4.74 Å². The first kappa shape index (κ1) is 14.0. The Kier molecular flexibility index (Phi) is 4.68. The van der Waals surface area contributed by atoms with Crippen LogP contribution in [0.15, 0.2) is 29.4 Å².